The molecule has 0 amide bonds. The van der Waals surface area contributed by atoms with Crippen LogP contribution in [0.2, 0.25) is 0 Å². The fraction of sp³-hybridized carbons (Fsp3) is 0.200. The van der Waals surface area contributed by atoms with E-state index >= 15 is 0 Å². The van der Waals surface area contributed by atoms with E-state index in [4.69, 9.17) is 15.4 Å². The molecule has 14 heavy (non-hydrogen) atoms. The van der Waals surface area contributed by atoms with E-state index in [-0.39, 0.29) is 5.88 Å². The number of hydrogen-bond donors (Lipinski definition) is 1. The maximum Gasteiger partial charge on any atom is 0.230 e. The molecule has 2 aromatic heterocycles. The number of aryl methyl sites for hydroxylation is 1. The fourth-order valence-corrected chi connectivity index (χ4v) is 1.51. The molecule has 0 aliphatic carbocycles. The van der Waals surface area contributed by atoms with Gasteiger partial charge in [0.25, 0.3) is 0 Å². The summed E-state index contributed by atoms with van der Waals surface area (Å²) in [6.45, 7) is 2.01. The van der Waals surface area contributed by atoms with E-state index < -0.39 is 0 Å². The minimum absolute atomic E-state index is 0.149. The number of fused-ring (bicyclic) bond motifs is 1. The second kappa shape index (κ2) is 3.04. The second-order valence-electron chi connectivity index (χ2n) is 2.96. The van der Waals surface area contributed by atoms with Crippen molar-refractivity contribution in [1.29, 1.82) is 5.26 Å². The Morgan fingerprint density at radius 1 is 1.64 bits per heavy atom. The molecular formula is C10H9N3O. The van der Waals surface area contributed by atoms with Crippen LogP contribution in [-0.4, -0.2) is 4.98 Å². The maximum atomic E-state index is 8.91. The van der Waals surface area contributed by atoms with Crippen molar-refractivity contribution in [3.05, 3.63) is 23.4 Å². The first-order chi connectivity index (χ1) is 6.77. The summed E-state index contributed by atoms with van der Waals surface area (Å²) in [5, 5.41) is 9.65. The number of nitrogens with two attached hydrogens (primary N) is 1. The first-order valence-corrected chi connectivity index (χ1v) is 4.34. The van der Waals surface area contributed by atoms with Crippen LogP contribution in [0.4, 0.5) is 5.88 Å². The van der Waals surface area contributed by atoms with Crippen LogP contribution in [0.1, 0.15) is 18.1 Å². The highest BCUT2D eigenvalue weighted by Crippen LogP contribution is 2.28. The van der Waals surface area contributed by atoms with Crippen molar-refractivity contribution in [2.45, 2.75) is 13.3 Å². The molecule has 0 saturated heterocycles. The normalized spacial score (nSPS) is 10.3. The number of hydrogen-bond acceptors (Lipinski definition) is 4. The Morgan fingerprint density at radius 3 is 3.07 bits per heavy atom. The molecule has 4 heteroatoms. The Kier molecular flexibility index (Phi) is 1.86. The van der Waals surface area contributed by atoms with Crippen molar-refractivity contribution < 1.29 is 4.42 Å². The van der Waals surface area contributed by atoms with Gasteiger partial charge in [-0.1, -0.05) is 6.92 Å². The predicted molar refractivity (Wildman–Crippen MR) is 52.5 cm³/mol. The summed E-state index contributed by atoms with van der Waals surface area (Å²) in [6.07, 6.45) is 2.48. The molecule has 0 unspecified atom stereocenters. The topological polar surface area (TPSA) is 75.8 Å². The van der Waals surface area contributed by atoms with Crippen LogP contribution in [0.3, 0.4) is 0 Å². The lowest BCUT2D eigenvalue weighted by atomic mass is 10.1. The molecule has 4 nitrogen and oxygen atoms in total. The van der Waals surface area contributed by atoms with E-state index in [1.54, 1.807) is 6.20 Å². The monoisotopic (exact) mass is 187 g/mol. The van der Waals surface area contributed by atoms with Gasteiger partial charge in [-0.2, -0.15) is 5.26 Å². The molecule has 0 radical (unpaired) electrons. The molecule has 2 rings (SSSR count). The minimum atomic E-state index is 0.149. The van der Waals surface area contributed by atoms with Crippen molar-refractivity contribution in [3.63, 3.8) is 0 Å². The zero-order valence-electron chi connectivity index (χ0n) is 7.74. The SMILES string of the molecule is CCc1ccnc2oc(N)c(C#N)c12. The minimum Gasteiger partial charge on any atom is -0.421 e. The van der Waals surface area contributed by atoms with Gasteiger partial charge in [-0.25, -0.2) is 4.98 Å². The average Bonchev–Trinajstić information content (AvgIpc) is 2.52. The fourth-order valence-electron chi connectivity index (χ4n) is 1.51. The Hall–Kier alpha value is -2.02. The van der Waals surface area contributed by atoms with Crippen molar-refractivity contribution >= 4 is 17.0 Å². The van der Waals surface area contributed by atoms with Crippen LogP contribution < -0.4 is 5.73 Å². The molecule has 0 spiro atoms. The summed E-state index contributed by atoms with van der Waals surface area (Å²) in [7, 11) is 0. The number of nitrogens with zero attached hydrogens (tertiary/aromatic N) is 2. The summed E-state index contributed by atoms with van der Waals surface area (Å²) >= 11 is 0. The zero-order chi connectivity index (χ0) is 10.1. The van der Waals surface area contributed by atoms with E-state index in [2.05, 4.69) is 4.98 Å². The van der Waals surface area contributed by atoms with E-state index in [0.29, 0.717) is 11.3 Å². The van der Waals surface area contributed by atoms with Gasteiger partial charge in [0.05, 0.1) is 5.39 Å². The van der Waals surface area contributed by atoms with Crippen molar-refractivity contribution in [2.75, 3.05) is 5.73 Å². The zero-order valence-corrected chi connectivity index (χ0v) is 7.74. The summed E-state index contributed by atoms with van der Waals surface area (Å²) < 4.78 is 5.18. The van der Waals surface area contributed by atoms with Crippen molar-refractivity contribution in [2.24, 2.45) is 0 Å². The lowest BCUT2D eigenvalue weighted by Crippen LogP contribution is -1.87. The number of anilines is 1. The molecular weight excluding hydrogens is 178 g/mol. The number of rotatable bonds is 1. The first-order valence-electron chi connectivity index (χ1n) is 4.34. The Labute approximate surface area is 81.0 Å². The lowest BCUT2D eigenvalue weighted by molar-refractivity contribution is 0.623. The van der Waals surface area contributed by atoms with Gasteiger partial charge in [0.1, 0.15) is 11.6 Å². The summed E-state index contributed by atoms with van der Waals surface area (Å²) in [5.41, 5.74) is 7.43. The highest BCUT2D eigenvalue weighted by Gasteiger charge is 2.14. The Morgan fingerprint density at radius 2 is 2.43 bits per heavy atom. The third-order valence-corrected chi connectivity index (χ3v) is 2.20. The number of nitriles is 1. The van der Waals surface area contributed by atoms with E-state index in [1.165, 1.54) is 0 Å². The Bertz CT molecular complexity index is 522. The van der Waals surface area contributed by atoms with Gasteiger partial charge in [-0.15, -0.1) is 0 Å². The molecule has 0 aromatic carbocycles. The van der Waals surface area contributed by atoms with Gasteiger partial charge in [-0.3, -0.25) is 0 Å². The third kappa shape index (κ3) is 1.03. The molecule has 0 bridgehead atoms. The summed E-state index contributed by atoms with van der Waals surface area (Å²) in [4.78, 5) is 4.02. The van der Waals surface area contributed by atoms with Gasteiger partial charge in [0, 0.05) is 6.20 Å². The van der Waals surface area contributed by atoms with Crippen molar-refractivity contribution in [3.8, 4) is 6.07 Å². The smallest absolute Gasteiger partial charge is 0.230 e. The average molecular weight is 187 g/mol. The van der Waals surface area contributed by atoms with Crippen LogP contribution in [-0.2, 0) is 6.42 Å². The molecule has 2 N–H and O–H groups in total. The van der Waals surface area contributed by atoms with Gasteiger partial charge >= 0.3 is 0 Å². The highest BCUT2D eigenvalue weighted by atomic mass is 16.4. The van der Waals surface area contributed by atoms with Gasteiger partial charge in [0.2, 0.25) is 11.6 Å². The quantitative estimate of drug-likeness (QED) is 0.739. The molecule has 0 saturated carbocycles. The standard InChI is InChI=1S/C10H9N3O/c1-2-6-3-4-13-10-8(6)7(5-11)9(12)14-10/h3-4H,2,12H2,1H3. The van der Waals surface area contributed by atoms with Gasteiger partial charge in [-0.05, 0) is 18.1 Å². The number of furan rings is 1. The molecule has 70 valence electrons. The predicted octanol–water partition coefficient (Wildman–Crippen LogP) is 1.84. The number of pyridine rings is 1. The summed E-state index contributed by atoms with van der Waals surface area (Å²) in [5.74, 6) is 0.149. The largest absolute Gasteiger partial charge is 0.421 e. The van der Waals surface area contributed by atoms with Crippen LogP contribution in [0, 0.1) is 11.3 Å². The molecule has 0 atom stereocenters. The number of nitrogen functional groups attached to an aromatic ring is 1. The lowest BCUT2D eigenvalue weighted by Gasteiger charge is -1.96. The van der Waals surface area contributed by atoms with Crippen LogP contribution in [0.5, 0.6) is 0 Å². The maximum absolute atomic E-state index is 8.91. The molecule has 0 aliphatic rings. The van der Waals surface area contributed by atoms with E-state index in [9.17, 15) is 0 Å². The number of aromatic nitrogens is 1. The second-order valence-corrected chi connectivity index (χ2v) is 2.96. The Balaban J connectivity index is 2.91. The molecule has 0 fully saturated rings. The molecule has 2 aromatic rings. The molecule has 2 heterocycles. The first kappa shape index (κ1) is 8.57. The van der Waals surface area contributed by atoms with Gasteiger partial charge in [0.15, 0.2) is 0 Å². The van der Waals surface area contributed by atoms with Crippen LogP contribution in [0.15, 0.2) is 16.7 Å². The van der Waals surface area contributed by atoms with E-state index in [0.717, 1.165) is 17.4 Å². The summed E-state index contributed by atoms with van der Waals surface area (Å²) in [6, 6.07) is 3.91. The highest BCUT2D eigenvalue weighted by molar-refractivity contribution is 5.88. The molecule has 0 aliphatic heterocycles. The van der Waals surface area contributed by atoms with Crippen LogP contribution >= 0.6 is 0 Å². The van der Waals surface area contributed by atoms with Gasteiger partial charge < -0.3 is 10.2 Å². The van der Waals surface area contributed by atoms with Crippen molar-refractivity contribution in [1.82, 2.24) is 4.98 Å². The third-order valence-electron chi connectivity index (χ3n) is 2.20. The van der Waals surface area contributed by atoms with Crippen LogP contribution in [0.25, 0.3) is 11.1 Å². The van der Waals surface area contributed by atoms with E-state index in [1.807, 2.05) is 19.1 Å².